The maximum absolute atomic E-state index is 12.9. The minimum absolute atomic E-state index is 0.0737. The monoisotopic (exact) mass is 302 g/mol. The molecule has 1 spiro atoms. The largest absolute Gasteiger partial charge is 0.348 e. The number of hydrogen-bond donors (Lipinski definition) is 1. The molecule has 0 atom stereocenters. The number of aromatic amines is 1. The molecule has 21 heavy (non-hydrogen) atoms. The third kappa shape index (κ3) is 1.71. The van der Waals surface area contributed by atoms with Crippen molar-refractivity contribution in [3.05, 3.63) is 33.3 Å². The first-order valence-electron chi connectivity index (χ1n) is 7.40. The summed E-state index contributed by atoms with van der Waals surface area (Å²) in [7, 11) is 0. The van der Waals surface area contributed by atoms with Gasteiger partial charge in [0.15, 0.2) is 5.01 Å². The average Bonchev–Trinajstić information content (AvgIpc) is 3.02. The summed E-state index contributed by atoms with van der Waals surface area (Å²) in [5.74, 6) is 0.0737. The molecule has 3 heterocycles. The van der Waals surface area contributed by atoms with Crippen LogP contribution in [0.4, 0.5) is 0 Å². The molecule has 1 aliphatic carbocycles. The average molecular weight is 302 g/mol. The second-order valence-electron chi connectivity index (χ2n) is 5.98. The Morgan fingerprint density at radius 2 is 2.24 bits per heavy atom. The van der Waals surface area contributed by atoms with Gasteiger partial charge in [-0.1, -0.05) is 0 Å². The molecule has 2 aliphatic rings. The Labute approximate surface area is 127 Å². The maximum atomic E-state index is 12.9. The number of thiazole rings is 1. The predicted molar refractivity (Wildman–Crippen MR) is 80.4 cm³/mol. The van der Waals surface area contributed by atoms with E-state index in [2.05, 4.69) is 15.0 Å². The molecule has 6 heteroatoms. The molecular formula is C15H18N4OS. The summed E-state index contributed by atoms with van der Waals surface area (Å²) in [6.07, 6.45) is 5.80. The van der Waals surface area contributed by atoms with E-state index in [-0.39, 0.29) is 11.4 Å². The molecule has 2 aromatic heterocycles. The molecule has 110 valence electrons. The van der Waals surface area contributed by atoms with Gasteiger partial charge in [0.05, 0.1) is 23.3 Å². The zero-order valence-corrected chi connectivity index (χ0v) is 13.1. The summed E-state index contributed by atoms with van der Waals surface area (Å²) in [5.41, 5.74) is 3.06. The highest BCUT2D eigenvalue weighted by Crippen LogP contribution is 2.49. The van der Waals surface area contributed by atoms with Crippen LogP contribution in [0.25, 0.3) is 0 Å². The second-order valence-corrected chi connectivity index (χ2v) is 7.19. The van der Waals surface area contributed by atoms with Crippen LogP contribution in [-0.4, -0.2) is 32.3 Å². The number of carbonyl (C=O) groups is 1. The number of rotatable bonds is 1. The quantitative estimate of drug-likeness (QED) is 0.880. The number of aromatic nitrogens is 3. The fourth-order valence-electron chi connectivity index (χ4n) is 3.47. The number of H-pyrrole nitrogens is 1. The van der Waals surface area contributed by atoms with Gasteiger partial charge < -0.3 is 9.88 Å². The third-order valence-electron chi connectivity index (χ3n) is 4.90. The molecule has 0 radical (unpaired) electrons. The van der Waals surface area contributed by atoms with Crippen molar-refractivity contribution in [2.24, 2.45) is 0 Å². The third-order valence-corrected chi connectivity index (χ3v) is 5.96. The SMILES string of the molecule is Cc1nc(C(=O)N2CCc3[nH]cnc3C23CCC3)sc1C. The number of carbonyl (C=O) groups excluding carboxylic acids is 1. The zero-order chi connectivity index (χ0) is 14.6. The summed E-state index contributed by atoms with van der Waals surface area (Å²) < 4.78 is 0. The van der Waals surface area contributed by atoms with Crippen LogP contribution in [0.2, 0.25) is 0 Å². The van der Waals surface area contributed by atoms with E-state index in [9.17, 15) is 4.79 Å². The van der Waals surface area contributed by atoms with E-state index in [1.807, 2.05) is 18.7 Å². The Morgan fingerprint density at radius 1 is 1.43 bits per heavy atom. The summed E-state index contributed by atoms with van der Waals surface area (Å²) >= 11 is 1.50. The van der Waals surface area contributed by atoms with Crippen molar-refractivity contribution in [2.45, 2.75) is 45.1 Å². The lowest BCUT2D eigenvalue weighted by molar-refractivity contribution is 0.00452. The number of imidazole rings is 1. The number of hydrogen-bond acceptors (Lipinski definition) is 4. The highest BCUT2D eigenvalue weighted by atomic mass is 32.1. The van der Waals surface area contributed by atoms with Crippen molar-refractivity contribution >= 4 is 17.2 Å². The lowest BCUT2D eigenvalue weighted by Crippen LogP contribution is -2.57. The van der Waals surface area contributed by atoms with E-state index in [1.54, 1.807) is 6.33 Å². The second kappa shape index (κ2) is 4.40. The fourth-order valence-corrected chi connectivity index (χ4v) is 4.34. The van der Waals surface area contributed by atoms with Crippen molar-refractivity contribution in [1.29, 1.82) is 0 Å². The van der Waals surface area contributed by atoms with Crippen molar-refractivity contribution in [3.63, 3.8) is 0 Å². The first-order valence-corrected chi connectivity index (χ1v) is 8.22. The number of fused-ring (bicyclic) bond motifs is 2. The van der Waals surface area contributed by atoms with E-state index < -0.39 is 0 Å². The first-order chi connectivity index (χ1) is 10.1. The maximum Gasteiger partial charge on any atom is 0.283 e. The van der Waals surface area contributed by atoms with E-state index in [4.69, 9.17) is 0 Å². The molecule has 1 aliphatic heterocycles. The van der Waals surface area contributed by atoms with Gasteiger partial charge in [-0.25, -0.2) is 9.97 Å². The molecule has 0 saturated heterocycles. The van der Waals surface area contributed by atoms with Crippen LogP contribution in [0.1, 0.15) is 51.0 Å². The van der Waals surface area contributed by atoms with Gasteiger partial charge in [0.1, 0.15) is 0 Å². The standard InChI is InChI=1S/C15H18N4OS/c1-9-10(2)21-13(18-9)14(20)19-7-4-11-12(17-8-16-11)15(19)5-3-6-15/h8H,3-7H2,1-2H3,(H,16,17). The number of aryl methyl sites for hydroxylation is 2. The van der Waals surface area contributed by atoms with Crippen molar-refractivity contribution < 1.29 is 4.79 Å². The summed E-state index contributed by atoms with van der Waals surface area (Å²) in [6.45, 7) is 4.74. The van der Waals surface area contributed by atoms with Gasteiger partial charge in [-0.15, -0.1) is 11.3 Å². The Hall–Kier alpha value is -1.69. The highest BCUT2D eigenvalue weighted by molar-refractivity contribution is 7.13. The van der Waals surface area contributed by atoms with E-state index in [1.165, 1.54) is 17.0 Å². The summed E-state index contributed by atoms with van der Waals surface area (Å²) in [4.78, 5) is 28.3. The minimum atomic E-state index is -0.182. The normalized spacial score (nSPS) is 19.4. The van der Waals surface area contributed by atoms with Gasteiger partial charge in [0.25, 0.3) is 5.91 Å². The number of amides is 1. The Kier molecular flexibility index (Phi) is 2.73. The molecule has 0 aromatic carbocycles. The molecule has 1 N–H and O–H groups in total. The number of nitrogens with one attached hydrogen (secondary N) is 1. The lowest BCUT2D eigenvalue weighted by atomic mass is 9.70. The van der Waals surface area contributed by atoms with E-state index in [0.717, 1.165) is 48.5 Å². The molecule has 1 saturated carbocycles. The highest BCUT2D eigenvalue weighted by Gasteiger charge is 2.51. The molecule has 1 amide bonds. The van der Waals surface area contributed by atoms with Gasteiger partial charge in [0, 0.05) is 23.5 Å². The Bertz CT molecular complexity index is 694. The van der Waals surface area contributed by atoms with Crippen LogP contribution in [-0.2, 0) is 12.0 Å². The molecule has 2 aromatic rings. The van der Waals surface area contributed by atoms with Crippen LogP contribution in [0.15, 0.2) is 6.33 Å². The molecule has 0 unspecified atom stereocenters. The minimum Gasteiger partial charge on any atom is -0.348 e. The molecular weight excluding hydrogens is 284 g/mol. The predicted octanol–water partition coefficient (Wildman–Crippen LogP) is 2.56. The molecule has 1 fully saturated rings. The first kappa shape index (κ1) is 13.0. The van der Waals surface area contributed by atoms with Crippen LogP contribution >= 0.6 is 11.3 Å². The van der Waals surface area contributed by atoms with E-state index >= 15 is 0 Å². The van der Waals surface area contributed by atoms with Gasteiger partial charge in [-0.2, -0.15) is 0 Å². The van der Waals surface area contributed by atoms with Crippen molar-refractivity contribution in [3.8, 4) is 0 Å². The summed E-state index contributed by atoms with van der Waals surface area (Å²) in [5, 5.41) is 0.621. The van der Waals surface area contributed by atoms with Gasteiger partial charge in [-0.05, 0) is 33.1 Å². The topological polar surface area (TPSA) is 61.9 Å². The van der Waals surface area contributed by atoms with Crippen molar-refractivity contribution in [1.82, 2.24) is 19.9 Å². The van der Waals surface area contributed by atoms with Gasteiger partial charge in [0.2, 0.25) is 0 Å². The molecule has 4 rings (SSSR count). The Balaban J connectivity index is 1.73. The van der Waals surface area contributed by atoms with Gasteiger partial charge >= 0.3 is 0 Å². The van der Waals surface area contributed by atoms with Crippen LogP contribution in [0, 0.1) is 13.8 Å². The van der Waals surface area contributed by atoms with Crippen LogP contribution < -0.4 is 0 Å². The van der Waals surface area contributed by atoms with Crippen LogP contribution in [0.5, 0.6) is 0 Å². The smallest absolute Gasteiger partial charge is 0.283 e. The van der Waals surface area contributed by atoms with Crippen LogP contribution in [0.3, 0.4) is 0 Å². The lowest BCUT2D eigenvalue weighted by Gasteiger charge is -2.51. The number of nitrogens with zero attached hydrogens (tertiary/aromatic N) is 3. The van der Waals surface area contributed by atoms with E-state index in [0.29, 0.717) is 5.01 Å². The van der Waals surface area contributed by atoms with Gasteiger partial charge in [-0.3, -0.25) is 4.79 Å². The summed E-state index contributed by atoms with van der Waals surface area (Å²) in [6, 6.07) is 0. The molecule has 5 nitrogen and oxygen atoms in total. The molecule has 0 bridgehead atoms. The van der Waals surface area contributed by atoms with Crippen molar-refractivity contribution in [2.75, 3.05) is 6.54 Å². The zero-order valence-electron chi connectivity index (χ0n) is 12.3. The fraction of sp³-hybridized carbons (Fsp3) is 0.533. The Morgan fingerprint density at radius 3 is 2.86 bits per heavy atom.